The summed E-state index contributed by atoms with van der Waals surface area (Å²) >= 11 is 0. The summed E-state index contributed by atoms with van der Waals surface area (Å²) in [5.41, 5.74) is 4.32. The highest BCUT2D eigenvalue weighted by Gasteiger charge is 2.44. The van der Waals surface area contributed by atoms with Crippen LogP contribution >= 0.6 is 0 Å². The third-order valence-corrected chi connectivity index (χ3v) is 3.55. The first-order valence-corrected chi connectivity index (χ1v) is 6.69. The van der Waals surface area contributed by atoms with Crippen LogP contribution < -0.4 is 5.48 Å². The van der Waals surface area contributed by atoms with E-state index in [1.165, 1.54) is 6.08 Å². The molecule has 3 rings (SSSR count). The molecule has 6 nitrogen and oxygen atoms in total. The minimum Gasteiger partial charge on any atom is -0.454 e. The summed E-state index contributed by atoms with van der Waals surface area (Å²) in [5, 5.41) is 9.68. The molecule has 0 amide bonds. The molecule has 1 aliphatic heterocycles. The molecule has 1 saturated heterocycles. The second-order valence-electron chi connectivity index (χ2n) is 5.05. The van der Waals surface area contributed by atoms with Gasteiger partial charge in [-0.15, -0.1) is 0 Å². The number of hydrogen-bond donors (Lipinski definition) is 2. The van der Waals surface area contributed by atoms with Gasteiger partial charge in [-0.05, 0) is 17.2 Å². The summed E-state index contributed by atoms with van der Waals surface area (Å²) in [4.78, 5) is 28.4. The Hall–Kier alpha value is -2.02. The first-order chi connectivity index (χ1) is 10.1. The molecule has 1 heterocycles. The quantitative estimate of drug-likeness (QED) is 0.611. The number of benzene rings is 1. The number of rotatable bonds is 4. The number of aliphatic hydroxyl groups is 1. The van der Waals surface area contributed by atoms with Gasteiger partial charge in [0.2, 0.25) is 0 Å². The fraction of sp³-hybridized carbons (Fsp3) is 0.333. The van der Waals surface area contributed by atoms with E-state index in [1.807, 2.05) is 30.3 Å². The Morgan fingerprint density at radius 1 is 1.29 bits per heavy atom. The van der Waals surface area contributed by atoms with E-state index < -0.39 is 30.0 Å². The molecule has 0 bridgehead atoms. The average molecular weight is 289 g/mol. The normalized spacial score (nSPS) is 28.0. The van der Waals surface area contributed by atoms with E-state index in [0.717, 1.165) is 5.56 Å². The van der Waals surface area contributed by atoms with Crippen molar-refractivity contribution in [3.63, 3.8) is 0 Å². The van der Waals surface area contributed by atoms with Gasteiger partial charge < -0.3 is 9.84 Å². The molecule has 0 aromatic heterocycles. The van der Waals surface area contributed by atoms with Crippen LogP contribution in [0.4, 0.5) is 0 Å². The van der Waals surface area contributed by atoms with Crippen LogP contribution in [0.2, 0.25) is 0 Å². The SMILES string of the molecule is O=C1CC(NOCc2ccccc2)C2=CC(=O)C(O)C2O1. The van der Waals surface area contributed by atoms with Crippen molar-refractivity contribution >= 4 is 11.8 Å². The van der Waals surface area contributed by atoms with Gasteiger partial charge in [0.15, 0.2) is 18.0 Å². The lowest BCUT2D eigenvalue weighted by Gasteiger charge is -2.30. The van der Waals surface area contributed by atoms with Gasteiger partial charge in [0.05, 0.1) is 19.1 Å². The Morgan fingerprint density at radius 2 is 2.05 bits per heavy atom. The number of hydroxylamine groups is 1. The van der Waals surface area contributed by atoms with Crippen LogP contribution in [0.3, 0.4) is 0 Å². The lowest BCUT2D eigenvalue weighted by Crippen LogP contribution is -2.46. The number of esters is 1. The van der Waals surface area contributed by atoms with Crippen LogP contribution in [-0.2, 0) is 25.8 Å². The molecule has 3 atom stereocenters. The number of ether oxygens (including phenoxy) is 1. The zero-order chi connectivity index (χ0) is 14.8. The Bertz CT molecular complexity index is 583. The van der Waals surface area contributed by atoms with Crippen LogP contribution in [0, 0.1) is 0 Å². The molecular weight excluding hydrogens is 274 g/mol. The molecule has 3 unspecified atom stereocenters. The van der Waals surface area contributed by atoms with E-state index in [9.17, 15) is 14.7 Å². The topological polar surface area (TPSA) is 84.9 Å². The number of hydrogen-bond acceptors (Lipinski definition) is 6. The van der Waals surface area contributed by atoms with Crippen molar-refractivity contribution in [3.05, 3.63) is 47.5 Å². The van der Waals surface area contributed by atoms with Crippen LogP contribution in [0.5, 0.6) is 0 Å². The first kappa shape index (κ1) is 13.9. The van der Waals surface area contributed by atoms with Crippen LogP contribution in [0.1, 0.15) is 12.0 Å². The molecule has 0 spiro atoms. The maximum atomic E-state index is 11.5. The van der Waals surface area contributed by atoms with E-state index >= 15 is 0 Å². The van der Waals surface area contributed by atoms with E-state index in [4.69, 9.17) is 9.57 Å². The van der Waals surface area contributed by atoms with Gasteiger partial charge in [-0.1, -0.05) is 30.3 Å². The van der Waals surface area contributed by atoms with E-state index in [1.54, 1.807) is 0 Å². The van der Waals surface area contributed by atoms with E-state index in [-0.39, 0.29) is 6.42 Å². The van der Waals surface area contributed by atoms with Gasteiger partial charge in [-0.3, -0.25) is 14.4 Å². The van der Waals surface area contributed by atoms with Crippen molar-refractivity contribution in [3.8, 4) is 0 Å². The minimum atomic E-state index is -1.30. The lowest BCUT2D eigenvalue weighted by molar-refractivity contribution is -0.159. The molecule has 0 saturated carbocycles. The smallest absolute Gasteiger partial charge is 0.308 e. The van der Waals surface area contributed by atoms with Crippen molar-refractivity contribution in [2.24, 2.45) is 0 Å². The van der Waals surface area contributed by atoms with Gasteiger partial charge in [0.25, 0.3) is 0 Å². The summed E-state index contributed by atoms with van der Waals surface area (Å²) in [6.07, 6.45) is -0.804. The van der Waals surface area contributed by atoms with Crippen molar-refractivity contribution in [1.29, 1.82) is 0 Å². The van der Waals surface area contributed by atoms with Crippen molar-refractivity contribution in [1.82, 2.24) is 5.48 Å². The van der Waals surface area contributed by atoms with Gasteiger partial charge in [0.1, 0.15) is 0 Å². The van der Waals surface area contributed by atoms with Crippen LogP contribution in [0.15, 0.2) is 42.0 Å². The zero-order valence-corrected chi connectivity index (χ0v) is 11.2. The Morgan fingerprint density at radius 3 is 2.81 bits per heavy atom. The minimum absolute atomic E-state index is 0.0666. The first-order valence-electron chi connectivity index (χ1n) is 6.69. The number of nitrogens with one attached hydrogen (secondary N) is 1. The summed E-state index contributed by atoms with van der Waals surface area (Å²) in [6.45, 7) is 0.334. The number of aliphatic hydroxyl groups excluding tert-OH is 1. The zero-order valence-electron chi connectivity index (χ0n) is 11.2. The van der Waals surface area contributed by atoms with Gasteiger partial charge in [0, 0.05) is 0 Å². The van der Waals surface area contributed by atoms with Gasteiger partial charge in [-0.2, -0.15) is 5.48 Å². The molecule has 21 heavy (non-hydrogen) atoms. The average Bonchev–Trinajstić information content (AvgIpc) is 2.76. The summed E-state index contributed by atoms with van der Waals surface area (Å²) in [7, 11) is 0. The predicted octanol–water partition coefficient (Wildman–Crippen LogP) is 0.262. The summed E-state index contributed by atoms with van der Waals surface area (Å²) < 4.78 is 5.01. The standard InChI is InChI=1S/C15H15NO5/c17-12-6-10-11(7-13(18)21-15(10)14(12)19)16-20-8-9-4-2-1-3-5-9/h1-6,11,14-16,19H,7-8H2. The van der Waals surface area contributed by atoms with E-state index in [0.29, 0.717) is 12.2 Å². The lowest BCUT2D eigenvalue weighted by atomic mass is 9.98. The maximum Gasteiger partial charge on any atom is 0.308 e. The number of carbonyl (C=O) groups is 2. The molecule has 1 fully saturated rings. The second-order valence-corrected chi connectivity index (χ2v) is 5.05. The van der Waals surface area contributed by atoms with Crippen molar-refractivity contribution in [2.75, 3.05) is 0 Å². The Labute approximate surface area is 121 Å². The summed E-state index contributed by atoms with van der Waals surface area (Å²) in [5.74, 6) is -0.911. The highest BCUT2D eigenvalue weighted by molar-refractivity contribution is 5.99. The maximum absolute atomic E-state index is 11.5. The third-order valence-electron chi connectivity index (χ3n) is 3.55. The molecule has 2 N–H and O–H groups in total. The van der Waals surface area contributed by atoms with Gasteiger partial charge >= 0.3 is 5.97 Å². The van der Waals surface area contributed by atoms with Crippen LogP contribution in [-0.4, -0.2) is 35.1 Å². The Kier molecular flexibility index (Phi) is 3.83. The molecule has 6 heteroatoms. The molecule has 1 aromatic carbocycles. The second kappa shape index (κ2) is 5.77. The number of fused-ring (bicyclic) bond motifs is 1. The van der Waals surface area contributed by atoms with Crippen molar-refractivity contribution < 1.29 is 24.3 Å². The van der Waals surface area contributed by atoms with Crippen molar-refractivity contribution in [2.45, 2.75) is 31.3 Å². The highest BCUT2D eigenvalue weighted by Crippen LogP contribution is 2.29. The summed E-state index contributed by atoms with van der Waals surface area (Å²) in [6, 6.07) is 9.10. The Balaban J connectivity index is 1.63. The number of carbonyl (C=O) groups excluding carboxylic acids is 2. The number of ketones is 1. The fourth-order valence-electron chi connectivity index (χ4n) is 2.48. The highest BCUT2D eigenvalue weighted by atomic mass is 16.6. The van der Waals surface area contributed by atoms with E-state index in [2.05, 4.69) is 5.48 Å². The molecule has 2 aliphatic rings. The third kappa shape index (κ3) is 2.87. The molecule has 1 aromatic rings. The van der Waals surface area contributed by atoms with Gasteiger partial charge in [-0.25, -0.2) is 0 Å². The molecule has 0 radical (unpaired) electrons. The molecule has 110 valence electrons. The monoisotopic (exact) mass is 289 g/mol. The van der Waals surface area contributed by atoms with Crippen LogP contribution in [0.25, 0.3) is 0 Å². The predicted molar refractivity (Wildman–Crippen MR) is 71.7 cm³/mol. The largest absolute Gasteiger partial charge is 0.454 e. The molecular formula is C15H15NO5. The molecule has 1 aliphatic carbocycles. The fourth-order valence-corrected chi connectivity index (χ4v) is 2.48.